The van der Waals surface area contributed by atoms with Crippen LogP contribution in [0.2, 0.25) is 0 Å². The summed E-state index contributed by atoms with van der Waals surface area (Å²) in [5.41, 5.74) is 22.9. The van der Waals surface area contributed by atoms with Crippen molar-refractivity contribution in [3.05, 3.63) is 36.4 Å². The zero-order valence-corrected chi connectivity index (χ0v) is 21.5. The third-order valence-electron chi connectivity index (χ3n) is 5.54. The van der Waals surface area contributed by atoms with E-state index in [4.69, 9.17) is 22.9 Å². The largest absolute Gasteiger partial charge is 0.480 e. The number of aromatic amines is 2. The van der Waals surface area contributed by atoms with E-state index in [-0.39, 0.29) is 38.2 Å². The minimum atomic E-state index is -1.54. The van der Waals surface area contributed by atoms with E-state index in [0.29, 0.717) is 11.4 Å². The average molecular weight is 563 g/mol. The number of H-pyrrole nitrogens is 2. The van der Waals surface area contributed by atoms with Crippen LogP contribution in [0.4, 0.5) is 0 Å². The average Bonchev–Trinajstić information content (AvgIpc) is 3.58. The quantitative estimate of drug-likeness (QED) is 0.0499. The Labute approximate surface area is 228 Å². The Morgan fingerprint density at radius 3 is 1.93 bits per heavy atom. The van der Waals surface area contributed by atoms with Crippen molar-refractivity contribution in [2.75, 3.05) is 6.54 Å². The van der Waals surface area contributed by atoms with Crippen LogP contribution >= 0.6 is 0 Å². The van der Waals surface area contributed by atoms with Gasteiger partial charge in [0.2, 0.25) is 23.6 Å². The molecule has 2 aromatic rings. The van der Waals surface area contributed by atoms with Gasteiger partial charge in [-0.05, 0) is 12.8 Å². The van der Waals surface area contributed by atoms with Crippen LogP contribution in [0, 0.1) is 0 Å². The molecule has 218 valence electrons. The maximum Gasteiger partial charge on any atom is 0.326 e. The minimum Gasteiger partial charge on any atom is -0.480 e. The summed E-state index contributed by atoms with van der Waals surface area (Å²) in [5.74, 6) is -4.93. The van der Waals surface area contributed by atoms with Gasteiger partial charge < -0.3 is 54.0 Å². The number of carboxylic acid groups (broad SMARTS) is 1. The van der Waals surface area contributed by atoms with Gasteiger partial charge in [0.05, 0.1) is 25.1 Å². The number of amides is 4. The maximum atomic E-state index is 13.2. The van der Waals surface area contributed by atoms with Gasteiger partial charge in [0.1, 0.15) is 18.1 Å². The summed E-state index contributed by atoms with van der Waals surface area (Å²) in [5, 5.41) is 16.7. The van der Waals surface area contributed by atoms with E-state index >= 15 is 0 Å². The second kappa shape index (κ2) is 15.4. The number of nitrogens with one attached hydrogen (secondary N) is 5. The van der Waals surface area contributed by atoms with E-state index < -0.39 is 60.2 Å². The molecule has 0 saturated heterocycles. The molecule has 2 heterocycles. The standard InChI is InChI=1S/C22H34N12O6/c23-13(4-11-7-27-9-30-11)18(36)32-14(2-1-3-29-22(25)26)19(37)33-15(6-17(24)35)20(38)34-16(21(39)40)5-12-8-28-10-31-12/h7-10,13-16H,1-6,23H2,(H2,24,35)(H,27,30)(H,28,31)(H,32,36)(H,33,37)(H,34,38)(H,39,40)(H4,25,26,29). The molecule has 0 bridgehead atoms. The highest BCUT2D eigenvalue weighted by Gasteiger charge is 2.31. The number of carboxylic acids is 1. The molecular formula is C22H34N12O6. The molecular weight excluding hydrogens is 528 g/mol. The highest BCUT2D eigenvalue weighted by atomic mass is 16.4. The minimum absolute atomic E-state index is 0.0353. The van der Waals surface area contributed by atoms with Gasteiger partial charge in [0, 0.05) is 43.2 Å². The molecule has 4 amide bonds. The fraction of sp³-hybridized carbons (Fsp3) is 0.455. The number of guanidine groups is 1. The van der Waals surface area contributed by atoms with Gasteiger partial charge in [-0.1, -0.05) is 0 Å². The Balaban J connectivity index is 2.14. The lowest BCUT2D eigenvalue weighted by Crippen LogP contribution is -2.58. The summed E-state index contributed by atoms with van der Waals surface area (Å²) in [6.45, 7) is 0.140. The first kappa shape index (κ1) is 31.2. The molecule has 0 aliphatic rings. The van der Waals surface area contributed by atoms with Crippen LogP contribution in [0.15, 0.2) is 30.0 Å². The summed E-state index contributed by atoms with van der Waals surface area (Å²) in [7, 11) is 0. The van der Waals surface area contributed by atoms with Crippen molar-refractivity contribution in [1.82, 2.24) is 35.9 Å². The zero-order valence-electron chi connectivity index (χ0n) is 21.5. The SMILES string of the molecule is NC(=O)CC(NC(=O)C(CCCN=C(N)N)NC(=O)C(N)Cc1cnc[nH]1)C(=O)NC(Cc1cnc[nH]1)C(=O)O. The smallest absolute Gasteiger partial charge is 0.326 e. The fourth-order valence-corrected chi connectivity index (χ4v) is 3.55. The number of aliphatic carboxylic acids is 1. The monoisotopic (exact) mass is 562 g/mol. The van der Waals surface area contributed by atoms with Crippen molar-refractivity contribution in [2.24, 2.45) is 27.9 Å². The van der Waals surface area contributed by atoms with Crippen LogP contribution < -0.4 is 38.9 Å². The molecule has 0 aliphatic carbocycles. The van der Waals surface area contributed by atoms with Crippen LogP contribution in [0.5, 0.6) is 0 Å². The number of hydrogen-bond donors (Lipinski definition) is 10. The molecule has 18 nitrogen and oxygen atoms in total. The topological polar surface area (TPSA) is 315 Å². The lowest BCUT2D eigenvalue weighted by Gasteiger charge is -2.24. The fourth-order valence-electron chi connectivity index (χ4n) is 3.55. The number of imidazole rings is 2. The van der Waals surface area contributed by atoms with Crippen molar-refractivity contribution in [3.8, 4) is 0 Å². The predicted octanol–water partition coefficient (Wildman–Crippen LogP) is -4.29. The second-order valence-corrected chi connectivity index (χ2v) is 8.81. The summed E-state index contributed by atoms with van der Waals surface area (Å²) >= 11 is 0. The predicted molar refractivity (Wildman–Crippen MR) is 140 cm³/mol. The number of aliphatic imine (C=N–C) groups is 1. The number of carbonyl (C=O) groups excluding carboxylic acids is 4. The summed E-state index contributed by atoms with van der Waals surface area (Å²) in [6, 6.07) is -5.20. The maximum absolute atomic E-state index is 13.2. The molecule has 14 N–H and O–H groups in total. The Bertz CT molecular complexity index is 1160. The number of nitrogens with zero attached hydrogens (tertiary/aromatic N) is 3. The van der Waals surface area contributed by atoms with E-state index in [0.717, 1.165) is 0 Å². The first-order chi connectivity index (χ1) is 19.0. The molecule has 0 saturated carbocycles. The van der Waals surface area contributed by atoms with Gasteiger partial charge in [-0.25, -0.2) is 14.8 Å². The molecule has 40 heavy (non-hydrogen) atoms. The van der Waals surface area contributed by atoms with Crippen LogP contribution in [-0.4, -0.2) is 91.3 Å². The normalized spacial score (nSPS) is 13.7. The number of hydrogen-bond acceptors (Lipinski definition) is 9. The van der Waals surface area contributed by atoms with Crippen LogP contribution in [-0.2, 0) is 36.8 Å². The van der Waals surface area contributed by atoms with Gasteiger partial charge in [-0.2, -0.15) is 0 Å². The molecule has 0 fully saturated rings. The van der Waals surface area contributed by atoms with Crippen LogP contribution in [0.1, 0.15) is 30.7 Å². The Kier molecular flexibility index (Phi) is 12.0. The Morgan fingerprint density at radius 2 is 1.40 bits per heavy atom. The molecule has 0 aromatic carbocycles. The van der Waals surface area contributed by atoms with Crippen LogP contribution in [0.25, 0.3) is 0 Å². The van der Waals surface area contributed by atoms with E-state index in [1.165, 1.54) is 25.0 Å². The van der Waals surface area contributed by atoms with Crippen molar-refractivity contribution in [3.63, 3.8) is 0 Å². The van der Waals surface area contributed by atoms with Crippen LogP contribution in [0.3, 0.4) is 0 Å². The molecule has 0 spiro atoms. The van der Waals surface area contributed by atoms with Gasteiger partial charge in [-0.3, -0.25) is 24.2 Å². The van der Waals surface area contributed by atoms with E-state index in [1.54, 1.807) is 0 Å². The van der Waals surface area contributed by atoms with Gasteiger partial charge in [0.25, 0.3) is 0 Å². The lowest BCUT2D eigenvalue weighted by molar-refractivity contribution is -0.142. The third-order valence-corrected chi connectivity index (χ3v) is 5.54. The van der Waals surface area contributed by atoms with Crippen molar-refractivity contribution >= 4 is 35.6 Å². The molecule has 0 radical (unpaired) electrons. The van der Waals surface area contributed by atoms with Gasteiger partial charge in [-0.15, -0.1) is 0 Å². The van der Waals surface area contributed by atoms with E-state index in [2.05, 4.69) is 40.9 Å². The second-order valence-electron chi connectivity index (χ2n) is 8.81. The molecule has 4 atom stereocenters. The lowest BCUT2D eigenvalue weighted by atomic mass is 10.1. The molecule has 0 aliphatic heterocycles. The van der Waals surface area contributed by atoms with E-state index in [9.17, 15) is 29.1 Å². The molecule has 18 heteroatoms. The molecule has 2 aromatic heterocycles. The Morgan fingerprint density at radius 1 is 0.850 bits per heavy atom. The highest BCUT2D eigenvalue weighted by molar-refractivity contribution is 5.96. The zero-order chi connectivity index (χ0) is 29.7. The summed E-state index contributed by atoms with van der Waals surface area (Å²) in [6.07, 6.45) is 5.26. The first-order valence-electron chi connectivity index (χ1n) is 12.1. The number of primary amides is 1. The Hall–Kier alpha value is -5.00. The number of nitrogens with two attached hydrogens (primary N) is 4. The molecule has 2 rings (SSSR count). The highest BCUT2D eigenvalue weighted by Crippen LogP contribution is 2.05. The van der Waals surface area contributed by atoms with Crippen molar-refractivity contribution in [2.45, 2.75) is 56.3 Å². The van der Waals surface area contributed by atoms with Gasteiger partial charge in [0.15, 0.2) is 5.96 Å². The van der Waals surface area contributed by atoms with Gasteiger partial charge >= 0.3 is 5.97 Å². The number of rotatable bonds is 17. The van der Waals surface area contributed by atoms with Crippen molar-refractivity contribution in [1.29, 1.82) is 0 Å². The first-order valence-corrected chi connectivity index (χ1v) is 12.1. The third kappa shape index (κ3) is 10.8. The number of carbonyl (C=O) groups is 5. The van der Waals surface area contributed by atoms with E-state index in [1.807, 2.05) is 0 Å². The van der Waals surface area contributed by atoms with Crippen molar-refractivity contribution < 1.29 is 29.1 Å². The number of aromatic nitrogens is 4. The molecule has 4 unspecified atom stereocenters. The summed E-state index contributed by atoms with van der Waals surface area (Å²) in [4.78, 5) is 79.3. The summed E-state index contributed by atoms with van der Waals surface area (Å²) < 4.78 is 0.